The highest BCUT2D eigenvalue weighted by Gasteiger charge is 2.43. The number of hydrogen-bond donors (Lipinski definition) is 1. The molecule has 3 aromatic carbocycles. The van der Waals surface area contributed by atoms with Gasteiger partial charge in [-0.05, 0) is 24.0 Å². The van der Waals surface area contributed by atoms with E-state index in [0.717, 1.165) is 24.5 Å². The Bertz CT molecular complexity index is 1050. The van der Waals surface area contributed by atoms with E-state index in [2.05, 4.69) is 89.2 Å². The van der Waals surface area contributed by atoms with Crippen LogP contribution in [0.15, 0.2) is 90.0 Å². The number of hydrogen-bond acceptors (Lipinski definition) is 2. The summed E-state index contributed by atoms with van der Waals surface area (Å²) >= 11 is 5.87. The zero-order valence-electron chi connectivity index (χ0n) is 16.6. The van der Waals surface area contributed by atoms with Crippen LogP contribution in [-0.4, -0.2) is 15.8 Å². The zero-order chi connectivity index (χ0) is 19.6. The highest BCUT2D eigenvalue weighted by atomic mass is 35.5. The fourth-order valence-electron chi connectivity index (χ4n) is 4.54. The van der Waals surface area contributed by atoms with Gasteiger partial charge >= 0.3 is 0 Å². The van der Waals surface area contributed by atoms with Gasteiger partial charge in [0.1, 0.15) is 6.54 Å². The first-order chi connectivity index (χ1) is 14.3. The SMILES string of the molecule is S=C([NH2+]Cc1ccccc1)N1N=C2c3ccccc3CC[C@H]2[C@H]1c1ccccc1.[Cl-]. The number of fused-ring (bicyclic) bond motifs is 3. The van der Waals surface area contributed by atoms with Crippen LogP contribution in [-0.2, 0) is 13.0 Å². The second kappa shape index (κ2) is 9.09. The topological polar surface area (TPSA) is 32.2 Å². The van der Waals surface area contributed by atoms with Crippen molar-refractivity contribution in [2.75, 3.05) is 0 Å². The maximum absolute atomic E-state index is 5.87. The summed E-state index contributed by atoms with van der Waals surface area (Å²) in [5.41, 5.74) is 6.43. The summed E-state index contributed by atoms with van der Waals surface area (Å²) in [4.78, 5) is 0. The van der Waals surface area contributed by atoms with Crippen LogP contribution in [0.2, 0.25) is 0 Å². The Kier molecular flexibility index (Phi) is 6.28. The third kappa shape index (κ3) is 3.91. The molecule has 1 heterocycles. The predicted molar refractivity (Wildman–Crippen MR) is 120 cm³/mol. The first-order valence-corrected chi connectivity index (χ1v) is 10.6. The average molecular weight is 434 g/mol. The van der Waals surface area contributed by atoms with Crippen LogP contribution in [0.3, 0.4) is 0 Å². The van der Waals surface area contributed by atoms with Crippen LogP contribution < -0.4 is 17.7 Å². The lowest BCUT2D eigenvalue weighted by molar-refractivity contribution is -0.563. The highest BCUT2D eigenvalue weighted by molar-refractivity contribution is 7.79. The van der Waals surface area contributed by atoms with Crippen LogP contribution in [0.5, 0.6) is 0 Å². The van der Waals surface area contributed by atoms with E-state index in [1.54, 1.807) is 0 Å². The van der Waals surface area contributed by atoms with E-state index < -0.39 is 0 Å². The van der Waals surface area contributed by atoms with Crippen molar-refractivity contribution >= 4 is 23.0 Å². The van der Waals surface area contributed by atoms with Crippen LogP contribution in [0.1, 0.15) is 34.7 Å². The minimum Gasteiger partial charge on any atom is -1.00 e. The number of rotatable bonds is 3. The molecule has 0 saturated carbocycles. The Labute approximate surface area is 189 Å². The lowest BCUT2D eigenvalue weighted by Gasteiger charge is -2.29. The number of aryl methyl sites for hydroxylation is 1. The summed E-state index contributed by atoms with van der Waals surface area (Å²) in [6.45, 7) is 0.823. The zero-order valence-corrected chi connectivity index (χ0v) is 18.2. The van der Waals surface area contributed by atoms with E-state index in [1.807, 2.05) is 6.07 Å². The Morgan fingerprint density at radius 1 is 0.933 bits per heavy atom. The van der Waals surface area contributed by atoms with Crippen molar-refractivity contribution in [2.24, 2.45) is 11.0 Å². The summed E-state index contributed by atoms with van der Waals surface area (Å²) in [7, 11) is 0. The maximum atomic E-state index is 5.87. The summed E-state index contributed by atoms with van der Waals surface area (Å²) in [6.07, 6.45) is 2.20. The van der Waals surface area contributed by atoms with Gasteiger partial charge < -0.3 is 12.4 Å². The third-order valence-corrected chi connectivity index (χ3v) is 6.31. The molecule has 2 N–H and O–H groups in total. The van der Waals surface area contributed by atoms with Crippen molar-refractivity contribution in [3.63, 3.8) is 0 Å². The van der Waals surface area contributed by atoms with Gasteiger partial charge in [-0.1, -0.05) is 84.9 Å². The molecule has 0 bridgehead atoms. The Hall–Kier alpha value is -2.53. The number of benzene rings is 3. The molecule has 2 aliphatic rings. The first kappa shape index (κ1) is 20.7. The standard InChI is InChI=1S/C25H23N3S.ClH/c29-25(26-17-18-9-3-1-4-10-18)28-24(20-12-5-2-6-13-20)22-16-15-19-11-7-8-14-21(19)23(22)27-28;/h1-14,22,24H,15-17H2,(H,26,29);1H/t22-,24-;/m1./s1. The molecule has 0 amide bonds. The number of nitrogens with zero attached hydrogens (tertiary/aromatic N) is 2. The fourth-order valence-corrected chi connectivity index (χ4v) is 4.78. The molecule has 3 aromatic rings. The van der Waals surface area contributed by atoms with Crippen LogP contribution >= 0.6 is 12.2 Å². The molecule has 2 atom stereocenters. The molecule has 30 heavy (non-hydrogen) atoms. The molecule has 0 saturated heterocycles. The van der Waals surface area contributed by atoms with Gasteiger partial charge in [0.15, 0.2) is 0 Å². The molecule has 3 nitrogen and oxygen atoms in total. The van der Waals surface area contributed by atoms with E-state index in [1.165, 1.54) is 28.0 Å². The summed E-state index contributed by atoms with van der Waals surface area (Å²) < 4.78 is 0. The second-order valence-corrected chi connectivity index (χ2v) is 8.14. The Morgan fingerprint density at radius 3 is 2.37 bits per heavy atom. The molecule has 0 spiro atoms. The number of halogens is 1. The quantitative estimate of drug-likeness (QED) is 0.626. The van der Waals surface area contributed by atoms with Crippen molar-refractivity contribution in [1.29, 1.82) is 0 Å². The maximum Gasteiger partial charge on any atom is 0.290 e. The fraction of sp³-hybridized carbons (Fsp3) is 0.200. The monoisotopic (exact) mass is 433 g/mol. The van der Waals surface area contributed by atoms with Crippen LogP contribution in [0, 0.1) is 5.92 Å². The molecule has 0 aromatic heterocycles. The highest BCUT2D eigenvalue weighted by Crippen LogP contribution is 2.42. The van der Waals surface area contributed by atoms with E-state index in [-0.39, 0.29) is 18.4 Å². The Morgan fingerprint density at radius 2 is 1.60 bits per heavy atom. The van der Waals surface area contributed by atoms with Gasteiger partial charge in [0, 0.05) is 29.3 Å². The van der Waals surface area contributed by atoms with Gasteiger partial charge in [-0.25, -0.2) is 5.01 Å². The summed E-state index contributed by atoms with van der Waals surface area (Å²) in [5.74, 6) is 0.371. The van der Waals surface area contributed by atoms with Gasteiger partial charge in [0.25, 0.3) is 5.11 Å². The van der Waals surface area contributed by atoms with Crippen molar-refractivity contribution in [3.8, 4) is 0 Å². The van der Waals surface area contributed by atoms with Gasteiger partial charge in [-0.2, -0.15) is 5.10 Å². The molecular weight excluding hydrogens is 410 g/mol. The average Bonchev–Trinajstić information content (AvgIpc) is 3.19. The summed E-state index contributed by atoms with van der Waals surface area (Å²) in [6, 6.07) is 30.0. The molecular formula is C25H24ClN3S. The molecule has 1 aliphatic carbocycles. The number of thiocarbonyl (C=S) groups is 1. The van der Waals surface area contributed by atoms with E-state index in [9.17, 15) is 0 Å². The Balaban J connectivity index is 0.00000218. The van der Waals surface area contributed by atoms with Gasteiger partial charge in [-0.3, -0.25) is 5.32 Å². The van der Waals surface area contributed by atoms with E-state index in [4.69, 9.17) is 17.3 Å². The van der Waals surface area contributed by atoms with Crippen molar-refractivity contribution in [3.05, 3.63) is 107 Å². The minimum atomic E-state index is 0. The predicted octanol–water partition coefficient (Wildman–Crippen LogP) is 1.06. The molecule has 5 heteroatoms. The van der Waals surface area contributed by atoms with Crippen molar-refractivity contribution < 1.29 is 17.7 Å². The van der Waals surface area contributed by atoms with E-state index >= 15 is 0 Å². The lowest BCUT2D eigenvalue weighted by atomic mass is 9.77. The van der Waals surface area contributed by atoms with Crippen LogP contribution in [0.4, 0.5) is 0 Å². The third-order valence-electron chi connectivity index (χ3n) is 5.95. The molecule has 0 unspecified atom stereocenters. The molecule has 0 radical (unpaired) electrons. The molecule has 5 rings (SSSR count). The number of nitrogens with two attached hydrogens (primary N) is 1. The van der Waals surface area contributed by atoms with Gasteiger partial charge in [-0.15, -0.1) is 0 Å². The first-order valence-electron chi connectivity index (χ1n) is 10.2. The largest absolute Gasteiger partial charge is 1.00 e. The normalized spacial score (nSPS) is 19.3. The molecule has 0 fully saturated rings. The van der Waals surface area contributed by atoms with Crippen molar-refractivity contribution in [2.45, 2.75) is 25.4 Å². The van der Waals surface area contributed by atoms with Gasteiger partial charge in [0.05, 0.1) is 11.8 Å². The smallest absolute Gasteiger partial charge is 0.290 e. The lowest BCUT2D eigenvalue weighted by Crippen LogP contribution is -3.00. The number of quaternary nitrogens is 1. The molecule has 1 aliphatic heterocycles. The van der Waals surface area contributed by atoms with Gasteiger partial charge in [0.2, 0.25) is 0 Å². The van der Waals surface area contributed by atoms with Crippen LogP contribution in [0.25, 0.3) is 0 Å². The minimum absolute atomic E-state index is 0. The molecule has 152 valence electrons. The second-order valence-electron chi connectivity index (χ2n) is 7.72. The summed E-state index contributed by atoms with van der Waals surface area (Å²) in [5, 5.41) is 10.1. The van der Waals surface area contributed by atoms with Crippen molar-refractivity contribution in [1.82, 2.24) is 5.01 Å². The van der Waals surface area contributed by atoms with E-state index in [0.29, 0.717) is 5.92 Å². The number of hydrazone groups is 1.